The Morgan fingerprint density at radius 2 is 2.07 bits per heavy atom. The summed E-state index contributed by atoms with van der Waals surface area (Å²) in [6.45, 7) is 10.7. The second-order valence-corrected chi connectivity index (χ2v) is 8.91. The number of H-pyrrole nitrogens is 1. The first-order valence-electron chi connectivity index (χ1n) is 11.1. The van der Waals surface area contributed by atoms with E-state index in [1.165, 1.54) is 0 Å². The Labute approximate surface area is 172 Å². The van der Waals surface area contributed by atoms with E-state index < -0.39 is 0 Å². The van der Waals surface area contributed by atoms with Crippen molar-refractivity contribution in [3.63, 3.8) is 0 Å². The Bertz CT molecular complexity index is 960. The van der Waals surface area contributed by atoms with Crippen LogP contribution in [0.5, 0.6) is 0 Å². The highest BCUT2D eigenvalue weighted by molar-refractivity contribution is 5.79. The Hall–Kier alpha value is -2.15. The Morgan fingerprint density at radius 3 is 2.79 bits per heavy atom. The van der Waals surface area contributed by atoms with Gasteiger partial charge in [0.15, 0.2) is 5.65 Å². The summed E-state index contributed by atoms with van der Waals surface area (Å²) in [5.74, 6) is 0.234. The van der Waals surface area contributed by atoms with E-state index in [-0.39, 0.29) is 23.4 Å². The molecular formula is C22H33N5O2. The van der Waals surface area contributed by atoms with Crippen LogP contribution in [0.4, 0.5) is 0 Å². The SMILES string of the molecule is CC[C@@H](C)C(=O)N1CCCC[C@@H]1c1cc2nc3c(c(=O)n2[nH]1)CN(C(C)C)CC3. The van der Waals surface area contributed by atoms with E-state index in [9.17, 15) is 9.59 Å². The number of aromatic nitrogens is 3. The zero-order valence-electron chi connectivity index (χ0n) is 18.1. The smallest absolute Gasteiger partial charge is 0.277 e. The van der Waals surface area contributed by atoms with Crippen molar-refractivity contribution < 1.29 is 4.79 Å². The molecule has 2 aromatic heterocycles. The van der Waals surface area contributed by atoms with Crippen molar-refractivity contribution >= 4 is 11.6 Å². The van der Waals surface area contributed by atoms with Crippen molar-refractivity contribution in [3.05, 3.63) is 33.4 Å². The van der Waals surface area contributed by atoms with Crippen LogP contribution in [-0.2, 0) is 17.8 Å². The summed E-state index contributed by atoms with van der Waals surface area (Å²) in [5, 5.41) is 3.30. The summed E-state index contributed by atoms with van der Waals surface area (Å²) >= 11 is 0. The average molecular weight is 400 g/mol. The number of hydrogen-bond acceptors (Lipinski definition) is 4. The summed E-state index contributed by atoms with van der Waals surface area (Å²) < 4.78 is 1.58. The fourth-order valence-electron chi connectivity index (χ4n) is 4.61. The van der Waals surface area contributed by atoms with Gasteiger partial charge in [0.05, 0.1) is 23.0 Å². The Morgan fingerprint density at radius 1 is 1.28 bits per heavy atom. The number of likely N-dealkylation sites (tertiary alicyclic amines) is 1. The van der Waals surface area contributed by atoms with Gasteiger partial charge in [0.25, 0.3) is 5.56 Å². The second-order valence-electron chi connectivity index (χ2n) is 8.91. The van der Waals surface area contributed by atoms with Crippen molar-refractivity contribution in [1.82, 2.24) is 24.4 Å². The molecular weight excluding hydrogens is 366 g/mol. The lowest BCUT2D eigenvalue weighted by molar-refractivity contribution is -0.139. The van der Waals surface area contributed by atoms with Gasteiger partial charge >= 0.3 is 0 Å². The number of nitrogens with one attached hydrogen (secondary N) is 1. The fraction of sp³-hybridized carbons (Fsp3) is 0.682. The van der Waals surface area contributed by atoms with E-state index in [0.29, 0.717) is 18.2 Å². The first kappa shape index (κ1) is 20.1. The summed E-state index contributed by atoms with van der Waals surface area (Å²) in [6, 6.07) is 2.38. The number of piperidine rings is 1. The standard InChI is InChI=1S/C22H33N5O2/c1-5-15(4)21(28)26-10-7-6-8-19(26)18-12-20-23-17-9-11-25(14(2)3)13-16(17)22(29)27(20)24-18/h12,14-15,19,24H,5-11,13H2,1-4H3/t15-,19-/m1/s1. The largest absolute Gasteiger partial charge is 0.334 e. The van der Waals surface area contributed by atoms with E-state index in [0.717, 1.165) is 62.1 Å². The van der Waals surface area contributed by atoms with Crippen LogP contribution in [0.2, 0.25) is 0 Å². The highest BCUT2D eigenvalue weighted by Gasteiger charge is 2.32. The lowest BCUT2D eigenvalue weighted by atomic mass is 9.96. The van der Waals surface area contributed by atoms with Crippen LogP contribution in [0.3, 0.4) is 0 Å². The predicted octanol–water partition coefficient (Wildman–Crippen LogP) is 2.89. The molecule has 4 heterocycles. The molecule has 7 heteroatoms. The van der Waals surface area contributed by atoms with Gasteiger partial charge in [-0.3, -0.25) is 19.6 Å². The quantitative estimate of drug-likeness (QED) is 0.858. The van der Waals surface area contributed by atoms with E-state index in [2.05, 4.69) is 30.8 Å². The second kappa shape index (κ2) is 7.94. The highest BCUT2D eigenvalue weighted by atomic mass is 16.2. The fourth-order valence-corrected chi connectivity index (χ4v) is 4.61. The van der Waals surface area contributed by atoms with Crippen LogP contribution < -0.4 is 5.56 Å². The molecule has 1 saturated heterocycles. The summed E-state index contributed by atoms with van der Waals surface area (Å²) in [7, 11) is 0. The van der Waals surface area contributed by atoms with Crippen molar-refractivity contribution in [2.24, 2.45) is 5.92 Å². The van der Waals surface area contributed by atoms with Crippen molar-refractivity contribution in [1.29, 1.82) is 0 Å². The number of nitrogens with zero attached hydrogens (tertiary/aromatic N) is 4. The maximum atomic E-state index is 13.2. The lowest BCUT2D eigenvalue weighted by Gasteiger charge is -2.36. The predicted molar refractivity (Wildman–Crippen MR) is 113 cm³/mol. The van der Waals surface area contributed by atoms with E-state index in [1.54, 1.807) is 4.52 Å². The van der Waals surface area contributed by atoms with Gasteiger partial charge in [0.1, 0.15) is 0 Å². The molecule has 0 aliphatic carbocycles. The third-order valence-corrected chi connectivity index (χ3v) is 6.72. The maximum absolute atomic E-state index is 13.2. The average Bonchev–Trinajstić information content (AvgIpc) is 3.16. The van der Waals surface area contributed by atoms with E-state index in [1.807, 2.05) is 17.9 Å². The monoisotopic (exact) mass is 399 g/mol. The molecule has 1 N–H and O–H groups in total. The third kappa shape index (κ3) is 3.61. The third-order valence-electron chi connectivity index (χ3n) is 6.72. The van der Waals surface area contributed by atoms with Gasteiger partial charge in [-0.05, 0) is 39.5 Å². The Balaban J connectivity index is 1.71. The molecule has 0 radical (unpaired) electrons. The molecule has 4 rings (SSSR count). The number of fused-ring (bicyclic) bond motifs is 2. The molecule has 158 valence electrons. The van der Waals surface area contributed by atoms with Crippen LogP contribution >= 0.6 is 0 Å². The number of hydrogen-bond donors (Lipinski definition) is 1. The molecule has 1 amide bonds. The maximum Gasteiger partial charge on any atom is 0.277 e. The Kier molecular flexibility index (Phi) is 5.51. The number of carbonyl (C=O) groups is 1. The molecule has 2 aliphatic heterocycles. The lowest BCUT2D eigenvalue weighted by Crippen LogP contribution is -2.41. The zero-order valence-corrected chi connectivity index (χ0v) is 18.1. The number of rotatable bonds is 4. The van der Waals surface area contributed by atoms with Crippen LogP contribution in [0.15, 0.2) is 10.9 Å². The summed E-state index contributed by atoms with van der Waals surface area (Å²) in [5.41, 5.74) is 3.31. The van der Waals surface area contributed by atoms with Gasteiger partial charge in [-0.2, -0.15) is 0 Å². The number of carbonyl (C=O) groups excluding carboxylic acids is 1. The first-order valence-corrected chi connectivity index (χ1v) is 11.1. The zero-order chi connectivity index (χ0) is 20.7. The molecule has 2 aromatic rings. The highest BCUT2D eigenvalue weighted by Crippen LogP contribution is 2.32. The van der Waals surface area contributed by atoms with Gasteiger partial charge in [0, 0.05) is 44.1 Å². The van der Waals surface area contributed by atoms with Crippen LogP contribution in [-0.4, -0.2) is 49.4 Å². The molecule has 0 saturated carbocycles. The molecule has 0 aromatic carbocycles. The topological polar surface area (TPSA) is 73.7 Å². The van der Waals surface area contributed by atoms with E-state index >= 15 is 0 Å². The van der Waals surface area contributed by atoms with Crippen molar-refractivity contribution in [2.45, 2.75) is 78.4 Å². The minimum absolute atomic E-state index is 0.00258. The van der Waals surface area contributed by atoms with Gasteiger partial charge < -0.3 is 4.90 Å². The van der Waals surface area contributed by atoms with Gasteiger partial charge in [-0.25, -0.2) is 9.50 Å². The summed E-state index contributed by atoms with van der Waals surface area (Å²) in [4.78, 5) is 35.2. The minimum atomic E-state index is -0.00413. The minimum Gasteiger partial charge on any atom is -0.334 e. The molecule has 2 atom stereocenters. The summed E-state index contributed by atoms with van der Waals surface area (Å²) in [6.07, 6.45) is 4.70. The normalized spacial score (nSPS) is 21.6. The number of aromatic amines is 1. The number of amides is 1. The molecule has 1 fully saturated rings. The van der Waals surface area contributed by atoms with Crippen molar-refractivity contribution in [3.8, 4) is 0 Å². The molecule has 0 unspecified atom stereocenters. The van der Waals surface area contributed by atoms with Crippen LogP contribution in [0, 0.1) is 5.92 Å². The van der Waals surface area contributed by atoms with E-state index in [4.69, 9.17) is 4.98 Å². The van der Waals surface area contributed by atoms with Gasteiger partial charge in [0.2, 0.25) is 5.91 Å². The van der Waals surface area contributed by atoms with Gasteiger partial charge in [-0.15, -0.1) is 0 Å². The molecule has 7 nitrogen and oxygen atoms in total. The van der Waals surface area contributed by atoms with Crippen LogP contribution in [0.25, 0.3) is 5.65 Å². The molecule has 0 spiro atoms. The molecule has 29 heavy (non-hydrogen) atoms. The molecule has 0 bridgehead atoms. The van der Waals surface area contributed by atoms with Gasteiger partial charge in [-0.1, -0.05) is 13.8 Å². The first-order chi connectivity index (χ1) is 13.9. The molecule has 2 aliphatic rings. The van der Waals surface area contributed by atoms with Crippen molar-refractivity contribution in [2.75, 3.05) is 13.1 Å². The van der Waals surface area contributed by atoms with Crippen LogP contribution in [0.1, 0.15) is 76.4 Å².